The number of alkyl halides is 1. The highest BCUT2D eigenvalue weighted by Crippen LogP contribution is 2.27. The third kappa shape index (κ3) is 3.42. The molecule has 1 heterocycles. The summed E-state index contributed by atoms with van der Waals surface area (Å²) in [6, 6.07) is 3.11. The Morgan fingerprint density at radius 2 is 2.20 bits per heavy atom. The molecule has 7 heteroatoms. The lowest BCUT2D eigenvalue weighted by atomic mass is 10.5. The summed E-state index contributed by atoms with van der Waals surface area (Å²) >= 11 is 10.1. The fourth-order valence-corrected chi connectivity index (χ4v) is 4.62. The van der Waals surface area contributed by atoms with Gasteiger partial charge in [-0.05, 0) is 12.1 Å². The molecule has 0 radical (unpaired) electrons. The van der Waals surface area contributed by atoms with E-state index in [9.17, 15) is 8.42 Å². The van der Waals surface area contributed by atoms with E-state index in [0.717, 1.165) is 11.3 Å². The number of thiophene rings is 1. The molecule has 3 nitrogen and oxygen atoms in total. The van der Waals surface area contributed by atoms with Gasteiger partial charge in [-0.25, -0.2) is 8.42 Å². The fourth-order valence-electron chi connectivity index (χ4n) is 1.04. The number of sulfonamides is 1. The Morgan fingerprint density at radius 3 is 2.60 bits per heavy atom. The highest BCUT2D eigenvalue weighted by Gasteiger charge is 2.23. The lowest BCUT2D eigenvalue weighted by Crippen LogP contribution is -2.30. The first-order valence-corrected chi connectivity index (χ1v) is 7.75. The van der Waals surface area contributed by atoms with Gasteiger partial charge in [0.05, 0.1) is 4.34 Å². The van der Waals surface area contributed by atoms with E-state index in [4.69, 9.17) is 11.6 Å². The lowest BCUT2D eigenvalue weighted by Gasteiger charge is -2.17. The molecule has 0 aliphatic carbocycles. The Labute approximate surface area is 107 Å². The van der Waals surface area contributed by atoms with Crippen LogP contribution in [0.4, 0.5) is 0 Å². The average Bonchev–Trinajstić information content (AvgIpc) is 2.50. The summed E-state index contributed by atoms with van der Waals surface area (Å²) in [5.41, 5.74) is 0. The van der Waals surface area contributed by atoms with E-state index >= 15 is 0 Å². The maximum absolute atomic E-state index is 11.9. The van der Waals surface area contributed by atoms with E-state index in [-0.39, 0.29) is 9.04 Å². The molecule has 0 bridgehead atoms. The van der Waals surface area contributed by atoms with Crippen LogP contribution in [0.1, 0.15) is 6.92 Å². The van der Waals surface area contributed by atoms with Gasteiger partial charge < -0.3 is 0 Å². The predicted octanol–water partition coefficient (Wildman–Crippen LogP) is 2.81. The van der Waals surface area contributed by atoms with Crippen LogP contribution in [-0.2, 0) is 10.0 Å². The average molecular weight is 333 g/mol. The first-order chi connectivity index (χ1) is 6.84. The van der Waals surface area contributed by atoms with Crippen LogP contribution in [0.3, 0.4) is 0 Å². The molecule has 0 saturated heterocycles. The van der Waals surface area contributed by atoms with Gasteiger partial charge in [-0.1, -0.05) is 34.5 Å². The first kappa shape index (κ1) is 13.4. The second-order valence-corrected chi connectivity index (χ2v) is 8.67. The van der Waals surface area contributed by atoms with E-state index in [1.165, 1.54) is 10.4 Å². The molecule has 0 N–H and O–H groups in total. The Hall–Kier alpha value is 0.380. The molecule has 0 aliphatic rings. The van der Waals surface area contributed by atoms with Crippen LogP contribution < -0.4 is 0 Å². The molecule has 1 unspecified atom stereocenters. The summed E-state index contributed by atoms with van der Waals surface area (Å²) in [5, 5.41) is 0. The molecule has 0 aliphatic heterocycles. The highest BCUT2D eigenvalue weighted by atomic mass is 79.9. The summed E-state index contributed by atoms with van der Waals surface area (Å²) in [4.78, 5) is 0.118. The van der Waals surface area contributed by atoms with Crippen LogP contribution in [0.2, 0.25) is 4.34 Å². The molecular formula is C8H11BrClNO2S2. The third-order valence-electron chi connectivity index (χ3n) is 1.72. The van der Waals surface area contributed by atoms with Crippen molar-refractivity contribution in [3.8, 4) is 0 Å². The minimum Gasteiger partial charge on any atom is -0.206 e. The van der Waals surface area contributed by atoms with Crippen molar-refractivity contribution in [1.29, 1.82) is 0 Å². The van der Waals surface area contributed by atoms with Crippen LogP contribution in [-0.4, -0.2) is 31.1 Å². The number of rotatable bonds is 4. The van der Waals surface area contributed by atoms with Gasteiger partial charge in [0.1, 0.15) is 4.21 Å². The maximum atomic E-state index is 11.9. The van der Waals surface area contributed by atoms with Crippen LogP contribution in [0.5, 0.6) is 0 Å². The van der Waals surface area contributed by atoms with Gasteiger partial charge in [-0.3, -0.25) is 0 Å². The van der Waals surface area contributed by atoms with E-state index in [0.29, 0.717) is 10.9 Å². The van der Waals surface area contributed by atoms with Crippen LogP contribution in [0.15, 0.2) is 16.3 Å². The zero-order valence-corrected chi connectivity index (χ0v) is 12.3. The largest absolute Gasteiger partial charge is 0.252 e. The predicted molar refractivity (Wildman–Crippen MR) is 67.5 cm³/mol. The summed E-state index contributed by atoms with van der Waals surface area (Å²) in [6.07, 6.45) is 0. The summed E-state index contributed by atoms with van der Waals surface area (Å²) in [5.74, 6) is 0. The van der Waals surface area contributed by atoms with Gasteiger partial charge in [0.15, 0.2) is 0 Å². The van der Waals surface area contributed by atoms with Crippen LogP contribution >= 0.6 is 38.9 Å². The standard InChI is InChI=1S/C8H11BrClNO2S2/c1-6(9)5-11(2)15(12,13)8-4-3-7(10)14-8/h3-4,6H,5H2,1-2H3. The molecule has 1 atom stereocenters. The normalized spacial score (nSPS) is 14.5. The topological polar surface area (TPSA) is 37.4 Å². The van der Waals surface area contributed by atoms with Gasteiger partial charge in [-0.15, -0.1) is 11.3 Å². The second-order valence-electron chi connectivity index (χ2n) is 3.12. The third-order valence-corrected chi connectivity index (χ3v) is 5.53. The lowest BCUT2D eigenvalue weighted by molar-refractivity contribution is 0.475. The van der Waals surface area contributed by atoms with E-state index in [2.05, 4.69) is 15.9 Å². The SMILES string of the molecule is CC(Br)CN(C)S(=O)(=O)c1ccc(Cl)s1. The van der Waals surface area contributed by atoms with Crippen molar-refractivity contribution >= 4 is 48.9 Å². The van der Waals surface area contributed by atoms with Crippen LogP contribution in [0, 0.1) is 0 Å². The number of halogens is 2. The zero-order valence-electron chi connectivity index (χ0n) is 8.28. The monoisotopic (exact) mass is 331 g/mol. The Kier molecular flexibility index (Phi) is 4.61. The Morgan fingerprint density at radius 1 is 1.60 bits per heavy atom. The van der Waals surface area contributed by atoms with Gasteiger partial charge in [-0.2, -0.15) is 4.31 Å². The van der Waals surface area contributed by atoms with Gasteiger partial charge in [0, 0.05) is 18.4 Å². The van der Waals surface area contributed by atoms with Gasteiger partial charge >= 0.3 is 0 Å². The molecule has 1 aromatic rings. The zero-order chi connectivity index (χ0) is 11.6. The van der Waals surface area contributed by atoms with Crippen molar-refractivity contribution < 1.29 is 8.42 Å². The minimum atomic E-state index is -3.38. The molecule has 1 rings (SSSR count). The van der Waals surface area contributed by atoms with E-state index in [1.54, 1.807) is 13.1 Å². The minimum absolute atomic E-state index is 0.118. The molecule has 0 fully saturated rings. The molecule has 0 saturated carbocycles. The van der Waals surface area contributed by atoms with Crippen molar-refractivity contribution in [3.05, 3.63) is 16.5 Å². The molecule has 1 aromatic heterocycles. The molecule has 0 spiro atoms. The van der Waals surface area contributed by atoms with Crippen molar-refractivity contribution in [1.82, 2.24) is 4.31 Å². The summed E-state index contributed by atoms with van der Waals surface area (Å²) < 4.78 is 26.0. The first-order valence-electron chi connectivity index (χ1n) is 4.20. The van der Waals surface area contributed by atoms with Gasteiger partial charge in [0.25, 0.3) is 10.0 Å². The van der Waals surface area contributed by atoms with Crippen molar-refractivity contribution in [2.75, 3.05) is 13.6 Å². The van der Waals surface area contributed by atoms with Crippen molar-refractivity contribution in [3.63, 3.8) is 0 Å². The van der Waals surface area contributed by atoms with E-state index < -0.39 is 10.0 Å². The molecule has 0 amide bonds. The van der Waals surface area contributed by atoms with Crippen LogP contribution in [0.25, 0.3) is 0 Å². The number of nitrogens with zero attached hydrogens (tertiary/aromatic N) is 1. The smallest absolute Gasteiger partial charge is 0.206 e. The Balaban J connectivity index is 2.93. The Bertz CT molecular complexity index is 430. The number of hydrogen-bond donors (Lipinski definition) is 0. The molecule has 15 heavy (non-hydrogen) atoms. The highest BCUT2D eigenvalue weighted by molar-refractivity contribution is 9.09. The summed E-state index contributed by atoms with van der Waals surface area (Å²) in [7, 11) is -1.82. The molecule has 86 valence electrons. The van der Waals surface area contributed by atoms with Crippen molar-refractivity contribution in [2.24, 2.45) is 0 Å². The second kappa shape index (κ2) is 5.14. The van der Waals surface area contributed by atoms with Crippen molar-refractivity contribution in [2.45, 2.75) is 16.0 Å². The fraction of sp³-hybridized carbons (Fsp3) is 0.500. The van der Waals surface area contributed by atoms with E-state index in [1.807, 2.05) is 6.92 Å². The molecular weight excluding hydrogens is 322 g/mol. The molecule has 0 aromatic carbocycles. The number of hydrogen-bond acceptors (Lipinski definition) is 3. The maximum Gasteiger partial charge on any atom is 0.252 e. The summed E-state index contributed by atoms with van der Waals surface area (Å²) in [6.45, 7) is 2.32. The quantitative estimate of drug-likeness (QED) is 0.795. The van der Waals surface area contributed by atoms with Gasteiger partial charge in [0.2, 0.25) is 0 Å².